The van der Waals surface area contributed by atoms with Crippen molar-refractivity contribution in [3.63, 3.8) is 0 Å². The van der Waals surface area contributed by atoms with Crippen LogP contribution in [0.5, 0.6) is 11.5 Å². The van der Waals surface area contributed by atoms with Crippen LogP contribution in [-0.4, -0.2) is 33.8 Å². The van der Waals surface area contributed by atoms with Crippen molar-refractivity contribution in [3.05, 3.63) is 87.4 Å². The van der Waals surface area contributed by atoms with Crippen molar-refractivity contribution in [1.29, 1.82) is 0 Å². The Morgan fingerprint density at radius 3 is 2.33 bits per heavy atom. The number of carbonyl (C=O) groups excluding carboxylic acids is 2. The Morgan fingerprint density at radius 2 is 1.70 bits per heavy atom. The van der Waals surface area contributed by atoms with Crippen LogP contribution < -0.4 is 10.1 Å². The van der Waals surface area contributed by atoms with Gasteiger partial charge < -0.3 is 15.2 Å². The van der Waals surface area contributed by atoms with Gasteiger partial charge in [0.05, 0.1) is 4.88 Å². The van der Waals surface area contributed by atoms with Crippen molar-refractivity contribution in [3.8, 4) is 11.5 Å². The van der Waals surface area contributed by atoms with Crippen LogP contribution in [0.4, 0.5) is 0 Å². The minimum Gasteiger partial charge on any atom is -0.480 e. The number of carbonyl (C=O) groups is 3. The summed E-state index contributed by atoms with van der Waals surface area (Å²) in [5, 5.41) is 14.3. The predicted octanol–water partition coefficient (Wildman–Crippen LogP) is 7.75. The first kappa shape index (κ1) is 30.4. The van der Waals surface area contributed by atoms with Gasteiger partial charge in [-0.3, -0.25) is 9.59 Å². The number of aliphatic carboxylic acids is 1. The Morgan fingerprint density at radius 1 is 1.00 bits per heavy atom. The van der Waals surface area contributed by atoms with E-state index < -0.39 is 17.9 Å². The third kappa shape index (κ3) is 7.49. The summed E-state index contributed by atoms with van der Waals surface area (Å²) in [7, 11) is 0. The number of Topliss-reactive ketones (excluding diaryl/α,β-unsaturated/α-hetero) is 1. The predicted molar refractivity (Wildman–Crippen MR) is 170 cm³/mol. The van der Waals surface area contributed by atoms with Gasteiger partial charge in [0.25, 0.3) is 5.91 Å². The molecule has 2 N–H and O–H groups in total. The average molecular weight is 599 g/mol. The van der Waals surface area contributed by atoms with Gasteiger partial charge in [-0.2, -0.15) is 0 Å². The SMILES string of the molecule is CC(=O)c1ccc(CC(NC(=O)c2cc3ccc(Oc4ccc(C(C)(C)C)cc4)cc3c(CC3CCCC3)n2)C(=O)O)s1. The molecule has 5 rings (SSSR count). The number of amides is 1. The highest BCUT2D eigenvalue weighted by atomic mass is 32.1. The molecule has 1 saturated carbocycles. The van der Waals surface area contributed by atoms with Gasteiger partial charge in [0, 0.05) is 22.4 Å². The average Bonchev–Trinajstić information content (AvgIpc) is 3.65. The van der Waals surface area contributed by atoms with Crippen molar-refractivity contribution in [2.45, 2.75) is 77.7 Å². The van der Waals surface area contributed by atoms with Crippen molar-refractivity contribution < 1.29 is 24.2 Å². The van der Waals surface area contributed by atoms with Crippen molar-refractivity contribution in [2.24, 2.45) is 5.92 Å². The normalized spacial score (nSPS) is 14.5. The zero-order chi connectivity index (χ0) is 30.7. The van der Waals surface area contributed by atoms with Gasteiger partial charge >= 0.3 is 5.97 Å². The van der Waals surface area contributed by atoms with Crippen LogP contribution in [0.25, 0.3) is 10.8 Å². The topological polar surface area (TPSA) is 106 Å². The van der Waals surface area contributed by atoms with Crippen LogP contribution in [0.2, 0.25) is 0 Å². The number of pyridine rings is 1. The van der Waals surface area contributed by atoms with Crippen molar-refractivity contribution in [2.75, 3.05) is 0 Å². The van der Waals surface area contributed by atoms with Gasteiger partial charge in [0.2, 0.25) is 0 Å². The van der Waals surface area contributed by atoms with E-state index in [1.807, 2.05) is 30.3 Å². The molecule has 0 radical (unpaired) electrons. The Hall–Kier alpha value is -4.04. The lowest BCUT2D eigenvalue weighted by Crippen LogP contribution is -2.42. The first-order valence-electron chi connectivity index (χ1n) is 14.8. The molecule has 8 heteroatoms. The molecule has 224 valence electrons. The Kier molecular flexibility index (Phi) is 8.97. The molecule has 43 heavy (non-hydrogen) atoms. The number of ketones is 1. The van der Waals surface area contributed by atoms with Crippen LogP contribution >= 0.6 is 11.3 Å². The number of aromatic nitrogens is 1. The number of benzene rings is 2. The highest BCUT2D eigenvalue weighted by Gasteiger charge is 2.25. The van der Waals surface area contributed by atoms with E-state index in [0.717, 1.165) is 41.5 Å². The molecule has 1 atom stereocenters. The molecule has 4 aromatic rings. The summed E-state index contributed by atoms with van der Waals surface area (Å²) in [4.78, 5) is 43.2. The number of hydrogen-bond donors (Lipinski definition) is 2. The molecule has 1 aliphatic carbocycles. The molecule has 1 unspecified atom stereocenters. The quantitative estimate of drug-likeness (QED) is 0.181. The summed E-state index contributed by atoms with van der Waals surface area (Å²) in [6.07, 6.45) is 5.46. The lowest BCUT2D eigenvalue weighted by molar-refractivity contribution is -0.139. The van der Waals surface area contributed by atoms with Crippen LogP contribution in [0.1, 0.15) is 89.7 Å². The second kappa shape index (κ2) is 12.7. The minimum absolute atomic E-state index is 0.0553. The Balaban J connectivity index is 1.41. The first-order valence-corrected chi connectivity index (χ1v) is 15.6. The van der Waals surface area contributed by atoms with E-state index in [1.54, 1.807) is 18.2 Å². The zero-order valence-corrected chi connectivity index (χ0v) is 25.9. The van der Waals surface area contributed by atoms with E-state index >= 15 is 0 Å². The Bertz CT molecular complexity index is 1650. The summed E-state index contributed by atoms with van der Waals surface area (Å²) < 4.78 is 6.22. The molecule has 1 aliphatic rings. The number of nitrogens with zero attached hydrogens (tertiary/aromatic N) is 1. The fraction of sp³-hybridized carbons (Fsp3) is 0.371. The maximum Gasteiger partial charge on any atom is 0.326 e. The summed E-state index contributed by atoms with van der Waals surface area (Å²) >= 11 is 1.24. The van der Waals surface area contributed by atoms with Gasteiger partial charge in [-0.05, 0) is 78.1 Å². The molecule has 1 amide bonds. The van der Waals surface area contributed by atoms with E-state index in [-0.39, 0.29) is 23.3 Å². The molecule has 0 spiro atoms. The molecule has 0 bridgehead atoms. The van der Waals surface area contributed by atoms with Crippen molar-refractivity contribution >= 4 is 39.8 Å². The van der Waals surface area contributed by atoms with E-state index in [1.165, 1.54) is 36.7 Å². The molecule has 2 aromatic carbocycles. The molecule has 0 aliphatic heterocycles. The van der Waals surface area contributed by atoms with E-state index in [0.29, 0.717) is 21.4 Å². The standard InChI is InChI=1S/C35H38N2O5S/c1-21(38)32-16-15-27(43-32)20-31(34(40)41)37-33(39)30-18-23-9-12-26(42-25-13-10-24(11-14-25)35(2,3)4)19-28(23)29(36-30)17-22-7-5-6-8-22/h9-16,18-19,22,31H,5-8,17,20H2,1-4H3,(H,37,39)(H,40,41). The van der Waals surface area contributed by atoms with Crippen LogP contribution in [0.15, 0.2) is 60.7 Å². The molecule has 7 nitrogen and oxygen atoms in total. The highest BCUT2D eigenvalue weighted by Crippen LogP contribution is 2.33. The van der Waals surface area contributed by atoms with Crippen LogP contribution in [0.3, 0.4) is 0 Å². The van der Waals surface area contributed by atoms with Crippen LogP contribution in [0, 0.1) is 5.92 Å². The van der Waals surface area contributed by atoms with Gasteiger partial charge in [-0.25, -0.2) is 9.78 Å². The molecular weight excluding hydrogens is 560 g/mol. The highest BCUT2D eigenvalue weighted by molar-refractivity contribution is 7.14. The summed E-state index contributed by atoms with van der Waals surface area (Å²) in [5.41, 5.74) is 2.29. The van der Waals surface area contributed by atoms with E-state index in [9.17, 15) is 19.5 Å². The molecular formula is C35H38N2O5S. The number of carboxylic acids is 1. The molecule has 2 aromatic heterocycles. The second-order valence-electron chi connectivity index (χ2n) is 12.5. The molecule has 2 heterocycles. The number of hydrogen-bond acceptors (Lipinski definition) is 6. The van der Waals surface area contributed by atoms with E-state index in [4.69, 9.17) is 9.72 Å². The minimum atomic E-state index is -1.15. The molecule has 0 saturated heterocycles. The fourth-order valence-corrected chi connectivity index (χ4v) is 6.54. The Labute approximate surface area is 256 Å². The number of rotatable bonds is 10. The number of carboxylic acid groups (broad SMARTS) is 1. The smallest absolute Gasteiger partial charge is 0.326 e. The van der Waals surface area contributed by atoms with Crippen molar-refractivity contribution in [1.82, 2.24) is 10.3 Å². The number of ether oxygens (including phenoxy) is 1. The summed E-state index contributed by atoms with van der Waals surface area (Å²) in [6, 6.07) is 17.9. The fourth-order valence-electron chi connectivity index (χ4n) is 5.59. The largest absolute Gasteiger partial charge is 0.480 e. The zero-order valence-electron chi connectivity index (χ0n) is 25.1. The van der Waals surface area contributed by atoms with Gasteiger partial charge in [0.1, 0.15) is 23.2 Å². The summed E-state index contributed by atoms with van der Waals surface area (Å²) in [5.74, 6) is 0.169. The maximum atomic E-state index is 13.4. The third-order valence-electron chi connectivity index (χ3n) is 8.05. The second-order valence-corrected chi connectivity index (χ2v) is 13.6. The van der Waals surface area contributed by atoms with Gasteiger partial charge in [-0.15, -0.1) is 11.3 Å². The lowest BCUT2D eigenvalue weighted by atomic mass is 9.87. The number of fused-ring (bicyclic) bond motifs is 1. The maximum absolute atomic E-state index is 13.4. The van der Waals surface area contributed by atoms with Gasteiger partial charge in [-0.1, -0.05) is 64.7 Å². The van der Waals surface area contributed by atoms with E-state index in [2.05, 4.69) is 38.2 Å². The van der Waals surface area contributed by atoms with Crippen LogP contribution in [-0.2, 0) is 23.1 Å². The molecule has 1 fully saturated rings. The third-order valence-corrected chi connectivity index (χ3v) is 9.25. The van der Waals surface area contributed by atoms with Gasteiger partial charge in [0.15, 0.2) is 5.78 Å². The lowest BCUT2D eigenvalue weighted by Gasteiger charge is -2.19. The number of nitrogens with one attached hydrogen (secondary N) is 1. The number of thiophene rings is 1. The monoisotopic (exact) mass is 598 g/mol. The summed E-state index contributed by atoms with van der Waals surface area (Å²) in [6.45, 7) is 8.00. The first-order chi connectivity index (χ1) is 20.5.